The number of nitrogens with one attached hydrogen (secondary N) is 1. The molecule has 0 radical (unpaired) electrons. The molecule has 0 fully saturated rings. The van der Waals surface area contributed by atoms with Crippen molar-refractivity contribution in [2.75, 3.05) is 19.8 Å². The second kappa shape index (κ2) is 6.01. The topological polar surface area (TPSA) is 61.9 Å². The van der Waals surface area contributed by atoms with Gasteiger partial charge in [-0.05, 0) is 11.4 Å². The Kier molecular flexibility index (Phi) is 4.38. The Bertz CT molecular complexity index is 507. The first-order valence-corrected chi connectivity index (χ1v) is 7.28. The molecule has 96 valence electrons. The van der Waals surface area contributed by atoms with Gasteiger partial charge in [0.1, 0.15) is 5.82 Å². The van der Waals surface area contributed by atoms with Gasteiger partial charge in [-0.1, -0.05) is 17.8 Å². The SMILES string of the molecule is CN(C)C(=O)CSc1n[nH]c(Cc2cccs2)n1. The molecule has 2 rings (SSSR count). The average Bonchev–Trinajstić information content (AvgIpc) is 2.98. The van der Waals surface area contributed by atoms with Crippen molar-refractivity contribution in [3.63, 3.8) is 0 Å². The molecule has 0 aliphatic heterocycles. The third-order valence-corrected chi connectivity index (χ3v) is 3.96. The standard InChI is InChI=1S/C11H14N4OS2/c1-15(2)10(16)7-18-11-12-9(13-14-11)6-8-4-3-5-17-8/h3-5H,6-7H2,1-2H3,(H,12,13,14). The van der Waals surface area contributed by atoms with Crippen LogP contribution in [-0.4, -0.2) is 45.8 Å². The van der Waals surface area contributed by atoms with Crippen LogP contribution in [0.25, 0.3) is 0 Å². The minimum absolute atomic E-state index is 0.0598. The van der Waals surface area contributed by atoms with Crippen molar-refractivity contribution in [3.8, 4) is 0 Å². The van der Waals surface area contributed by atoms with Crippen molar-refractivity contribution in [1.29, 1.82) is 0 Å². The summed E-state index contributed by atoms with van der Waals surface area (Å²) in [5.41, 5.74) is 0. The zero-order valence-electron chi connectivity index (χ0n) is 10.2. The number of rotatable bonds is 5. The Morgan fingerprint density at radius 2 is 2.39 bits per heavy atom. The minimum atomic E-state index is 0.0598. The quantitative estimate of drug-likeness (QED) is 0.847. The zero-order chi connectivity index (χ0) is 13.0. The molecule has 2 aromatic rings. The second-order valence-electron chi connectivity index (χ2n) is 3.90. The normalized spacial score (nSPS) is 10.6. The lowest BCUT2D eigenvalue weighted by molar-refractivity contribution is -0.125. The van der Waals surface area contributed by atoms with E-state index in [2.05, 4.69) is 21.2 Å². The van der Waals surface area contributed by atoms with Gasteiger partial charge in [0.05, 0.1) is 5.75 Å². The molecule has 18 heavy (non-hydrogen) atoms. The first kappa shape index (κ1) is 13.1. The van der Waals surface area contributed by atoms with Gasteiger partial charge in [0.25, 0.3) is 0 Å². The van der Waals surface area contributed by atoms with Crippen molar-refractivity contribution in [2.24, 2.45) is 0 Å². The van der Waals surface area contributed by atoms with Gasteiger partial charge in [0.15, 0.2) is 0 Å². The van der Waals surface area contributed by atoms with Crippen LogP contribution in [0.3, 0.4) is 0 Å². The molecule has 7 heteroatoms. The van der Waals surface area contributed by atoms with Crippen molar-refractivity contribution in [3.05, 3.63) is 28.2 Å². The summed E-state index contributed by atoms with van der Waals surface area (Å²) in [5.74, 6) is 1.25. The van der Waals surface area contributed by atoms with Crippen LogP contribution in [0.5, 0.6) is 0 Å². The monoisotopic (exact) mass is 282 g/mol. The molecule has 0 unspecified atom stereocenters. The highest BCUT2D eigenvalue weighted by Crippen LogP contribution is 2.16. The number of thiophene rings is 1. The number of nitrogens with zero attached hydrogens (tertiary/aromatic N) is 3. The van der Waals surface area contributed by atoms with Gasteiger partial charge >= 0.3 is 0 Å². The third kappa shape index (κ3) is 3.58. The van der Waals surface area contributed by atoms with Crippen molar-refractivity contribution in [1.82, 2.24) is 20.1 Å². The van der Waals surface area contributed by atoms with E-state index >= 15 is 0 Å². The first-order valence-electron chi connectivity index (χ1n) is 5.42. The number of thioether (sulfide) groups is 1. The Balaban J connectivity index is 1.88. The molecule has 0 spiro atoms. The summed E-state index contributed by atoms with van der Waals surface area (Å²) in [6.45, 7) is 0. The summed E-state index contributed by atoms with van der Waals surface area (Å²) in [5, 5.41) is 9.65. The molecular weight excluding hydrogens is 268 g/mol. The van der Waals surface area contributed by atoms with Crippen LogP contribution in [0.4, 0.5) is 0 Å². The number of carbonyl (C=O) groups is 1. The van der Waals surface area contributed by atoms with Crippen LogP contribution in [-0.2, 0) is 11.2 Å². The van der Waals surface area contributed by atoms with E-state index in [0.717, 1.165) is 12.2 Å². The van der Waals surface area contributed by atoms with Crippen LogP contribution in [0.1, 0.15) is 10.7 Å². The highest BCUT2D eigenvalue weighted by molar-refractivity contribution is 7.99. The number of hydrogen-bond donors (Lipinski definition) is 1. The van der Waals surface area contributed by atoms with Crippen LogP contribution in [0.15, 0.2) is 22.7 Å². The van der Waals surface area contributed by atoms with Gasteiger partial charge in [-0.25, -0.2) is 4.98 Å². The van der Waals surface area contributed by atoms with Crippen molar-refractivity contribution >= 4 is 29.0 Å². The lowest BCUT2D eigenvalue weighted by atomic mass is 10.3. The van der Waals surface area contributed by atoms with Crippen molar-refractivity contribution in [2.45, 2.75) is 11.6 Å². The molecule has 1 amide bonds. The molecule has 0 saturated carbocycles. The number of H-pyrrole nitrogens is 1. The molecule has 0 bridgehead atoms. The van der Waals surface area contributed by atoms with E-state index < -0.39 is 0 Å². The molecule has 1 N–H and O–H groups in total. The van der Waals surface area contributed by atoms with E-state index in [9.17, 15) is 4.79 Å². The molecule has 0 atom stereocenters. The first-order chi connectivity index (χ1) is 8.65. The lowest BCUT2D eigenvalue weighted by Crippen LogP contribution is -2.23. The van der Waals surface area contributed by atoms with Gasteiger partial charge in [-0.3, -0.25) is 9.89 Å². The number of aromatic amines is 1. The fraction of sp³-hybridized carbons (Fsp3) is 0.364. The fourth-order valence-electron chi connectivity index (χ4n) is 1.25. The number of hydrogen-bond acceptors (Lipinski definition) is 5. The van der Waals surface area contributed by atoms with Gasteiger partial charge in [0.2, 0.25) is 11.1 Å². The molecule has 0 aliphatic rings. The molecule has 5 nitrogen and oxygen atoms in total. The Labute approximate surface area is 114 Å². The summed E-state index contributed by atoms with van der Waals surface area (Å²) in [7, 11) is 3.48. The van der Waals surface area contributed by atoms with E-state index in [0.29, 0.717) is 10.9 Å². The fourth-order valence-corrected chi connectivity index (χ4v) is 2.76. The van der Waals surface area contributed by atoms with Crippen LogP contribution >= 0.6 is 23.1 Å². The van der Waals surface area contributed by atoms with E-state index in [1.807, 2.05) is 11.4 Å². The van der Waals surface area contributed by atoms with E-state index in [-0.39, 0.29) is 5.91 Å². The maximum absolute atomic E-state index is 11.4. The van der Waals surface area contributed by atoms with Gasteiger partial charge in [-0.2, -0.15) is 0 Å². The highest BCUT2D eigenvalue weighted by atomic mass is 32.2. The summed E-state index contributed by atoms with van der Waals surface area (Å²) >= 11 is 3.04. The maximum Gasteiger partial charge on any atom is 0.232 e. The summed E-state index contributed by atoms with van der Waals surface area (Å²) in [4.78, 5) is 18.6. The van der Waals surface area contributed by atoms with Crippen LogP contribution < -0.4 is 0 Å². The van der Waals surface area contributed by atoms with Crippen LogP contribution in [0, 0.1) is 0 Å². The van der Waals surface area contributed by atoms with Crippen LogP contribution in [0.2, 0.25) is 0 Å². The maximum atomic E-state index is 11.4. The minimum Gasteiger partial charge on any atom is -0.348 e. The van der Waals surface area contributed by atoms with Gasteiger partial charge in [0, 0.05) is 25.4 Å². The van der Waals surface area contributed by atoms with E-state index in [4.69, 9.17) is 0 Å². The third-order valence-electron chi connectivity index (χ3n) is 2.26. The molecule has 0 aromatic carbocycles. The van der Waals surface area contributed by atoms with Gasteiger partial charge < -0.3 is 4.90 Å². The van der Waals surface area contributed by atoms with Crippen molar-refractivity contribution < 1.29 is 4.79 Å². The molecule has 2 heterocycles. The molecule has 2 aromatic heterocycles. The smallest absolute Gasteiger partial charge is 0.232 e. The average molecular weight is 282 g/mol. The molecule has 0 saturated heterocycles. The Morgan fingerprint density at radius 3 is 3.06 bits per heavy atom. The Morgan fingerprint density at radius 1 is 1.56 bits per heavy atom. The Hall–Kier alpha value is -1.34. The van der Waals surface area contributed by atoms with E-state index in [1.165, 1.54) is 16.6 Å². The largest absolute Gasteiger partial charge is 0.348 e. The summed E-state index contributed by atoms with van der Waals surface area (Å²) in [6, 6.07) is 4.08. The predicted octanol–water partition coefficient (Wildman–Crippen LogP) is 1.64. The van der Waals surface area contributed by atoms with E-state index in [1.54, 1.807) is 30.3 Å². The second-order valence-corrected chi connectivity index (χ2v) is 5.87. The summed E-state index contributed by atoms with van der Waals surface area (Å²) < 4.78 is 0. The zero-order valence-corrected chi connectivity index (χ0v) is 11.8. The van der Waals surface area contributed by atoms with Gasteiger partial charge in [-0.15, -0.1) is 16.4 Å². The predicted molar refractivity (Wildman–Crippen MR) is 72.9 cm³/mol. The number of aromatic nitrogens is 3. The number of carbonyl (C=O) groups excluding carboxylic acids is 1. The number of amides is 1. The molecular formula is C11H14N4OS2. The lowest BCUT2D eigenvalue weighted by Gasteiger charge is -2.07. The summed E-state index contributed by atoms with van der Waals surface area (Å²) in [6.07, 6.45) is 0.757. The molecule has 0 aliphatic carbocycles. The highest BCUT2D eigenvalue weighted by Gasteiger charge is 2.09.